The lowest BCUT2D eigenvalue weighted by Crippen LogP contribution is -2.36. The zero-order chi connectivity index (χ0) is 23.3. The largest absolute Gasteiger partial charge is 0.497 e. The number of carbonyl (C=O) groups is 2. The molecule has 2 amide bonds. The van der Waals surface area contributed by atoms with Crippen LogP contribution in [0.25, 0.3) is 0 Å². The molecule has 32 heavy (non-hydrogen) atoms. The van der Waals surface area contributed by atoms with Gasteiger partial charge in [-0.05, 0) is 42.3 Å². The quantitative estimate of drug-likeness (QED) is 0.635. The van der Waals surface area contributed by atoms with Crippen molar-refractivity contribution in [2.24, 2.45) is 5.92 Å². The zero-order valence-corrected chi connectivity index (χ0v) is 18.1. The van der Waals surface area contributed by atoms with Gasteiger partial charge in [-0.25, -0.2) is 0 Å². The van der Waals surface area contributed by atoms with E-state index in [1.54, 1.807) is 30.3 Å². The minimum absolute atomic E-state index is 0.143. The molecular weight excluding hydrogens is 421 g/mol. The highest BCUT2D eigenvalue weighted by Crippen LogP contribution is 2.37. The number of hydrogen-bond donors (Lipinski definition) is 1. The third kappa shape index (κ3) is 5.41. The summed E-state index contributed by atoms with van der Waals surface area (Å²) in [6.45, 7) is 2.80. The van der Waals surface area contributed by atoms with Crippen molar-refractivity contribution in [1.29, 1.82) is 0 Å². The Labute approximate surface area is 185 Å². The molecule has 0 aliphatic carbocycles. The summed E-state index contributed by atoms with van der Waals surface area (Å²) in [5.74, 6) is -1.06. The molecule has 0 bridgehead atoms. The van der Waals surface area contributed by atoms with Crippen LogP contribution in [0.2, 0.25) is 0 Å². The van der Waals surface area contributed by atoms with E-state index in [0.29, 0.717) is 23.4 Å². The first-order chi connectivity index (χ1) is 15.2. The van der Waals surface area contributed by atoms with Gasteiger partial charge < -0.3 is 15.0 Å². The number of halogens is 3. The van der Waals surface area contributed by atoms with E-state index >= 15 is 0 Å². The summed E-state index contributed by atoms with van der Waals surface area (Å²) >= 11 is 0. The van der Waals surface area contributed by atoms with Crippen LogP contribution in [0.5, 0.6) is 5.75 Å². The van der Waals surface area contributed by atoms with Gasteiger partial charge in [0.25, 0.3) is 5.91 Å². The molecule has 172 valence electrons. The second-order valence-electron chi connectivity index (χ2n) is 7.92. The van der Waals surface area contributed by atoms with Crippen molar-refractivity contribution in [1.82, 2.24) is 10.2 Å². The monoisotopic (exact) mass is 448 g/mol. The van der Waals surface area contributed by atoms with Crippen LogP contribution in [0.15, 0.2) is 48.5 Å². The number of rotatable bonds is 7. The van der Waals surface area contributed by atoms with Crippen molar-refractivity contribution in [2.75, 3.05) is 26.7 Å². The third-order valence-electron chi connectivity index (χ3n) is 5.75. The molecule has 5 nitrogen and oxygen atoms in total. The van der Waals surface area contributed by atoms with Crippen LogP contribution >= 0.6 is 0 Å². The SMILES string of the molecule is CCCCNC(=O)[C@H]1CN(C(=O)c2ccc(OC)cc2)C[C@H]1c1cccc(C(F)(F)F)c1. The van der Waals surface area contributed by atoms with Gasteiger partial charge in [0.1, 0.15) is 5.75 Å². The van der Waals surface area contributed by atoms with Crippen LogP contribution in [0.4, 0.5) is 13.2 Å². The number of likely N-dealkylation sites (tertiary alicyclic amines) is 1. The number of ether oxygens (including phenoxy) is 1. The highest BCUT2D eigenvalue weighted by atomic mass is 19.4. The number of nitrogens with zero attached hydrogens (tertiary/aromatic N) is 1. The molecule has 0 unspecified atom stereocenters. The molecule has 1 aliphatic rings. The molecule has 8 heteroatoms. The van der Waals surface area contributed by atoms with Gasteiger partial charge in [0.2, 0.25) is 5.91 Å². The van der Waals surface area contributed by atoms with Gasteiger partial charge in [-0.1, -0.05) is 31.5 Å². The van der Waals surface area contributed by atoms with Gasteiger partial charge in [-0.15, -0.1) is 0 Å². The first-order valence-corrected chi connectivity index (χ1v) is 10.6. The summed E-state index contributed by atoms with van der Waals surface area (Å²) in [6, 6.07) is 11.6. The Morgan fingerprint density at radius 1 is 1.12 bits per heavy atom. The topological polar surface area (TPSA) is 58.6 Å². The predicted octanol–water partition coefficient (Wildman–Crippen LogP) is 4.49. The Hall–Kier alpha value is -3.03. The Bertz CT molecular complexity index is 944. The fraction of sp³-hybridized carbons (Fsp3) is 0.417. The number of methoxy groups -OCH3 is 1. The molecule has 1 N–H and O–H groups in total. The van der Waals surface area contributed by atoms with Crippen molar-refractivity contribution in [3.63, 3.8) is 0 Å². The van der Waals surface area contributed by atoms with Gasteiger partial charge in [0.05, 0.1) is 18.6 Å². The second-order valence-corrected chi connectivity index (χ2v) is 7.92. The van der Waals surface area contributed by atoms with Gasteiger partial charge in [0, 0.05) is 31.1 Å². The lowest BCUT2D eigenvalue weighted by Gasteiger charge is -2.19. The summed E-state index contributed by atoms with van der Waals surface area (Å²) in [6.07, 6.45) is -2.77. The van der Waals surface area contributed by atoms with Crippen LogP contribution in [0.1, 0.15) is 47.2 Å². The maximum absolute atomic E-state index is 13.3. The normalized spacial score (nSPS) is 18.5. The lowest BCUT2D eigenvalue weighted by molar-refractivity contribution is -0.137. The van der Waals surface area contributed by atoms with Gasteiger partial charge in [-0.3, -0.25) is 9.59 Å². The average molecular weight is 448 g/mol. The van der Waals surface area contributed by atoms with E-state index in [2.05, 4.69) is 5.32 Å². The molecule has 1 heterocycles. The smallest absolute Gasteiger partial charge is 0.416 e. The molecule has 0 aromatic heterocycles. The molecule has 2 atom stereocenters. The number of carbonyl (C=O) groups excluding carboxylic acids is 2. The summed E-state index contributed by atoms with van der Waals surface area (Å²) in [4.78, 5) is 27.5. The molecule has 1 fully saturated rings. The van der Waals surface area contributed by atoms with Crippen LogP contribution in [0, 0.1) is 5.92 Å². The highest BCUT2D eigenvalue weighted by molar-refractivity contribution is 5.95. The predicted molar refractivity (Wildman–Crippen MR) is 114 cm³/mol. The van der Waals surface area contributed by atoms with E-state index < -0.39 is 23.6 Å². The van der Waals surface area contributed by atoms with E-state index in [1.807, 2.05) is 6.92 Å². The van der Waals surface area contributed by atoms with Crippen LogP contribution in [-0.2, 0) is 11.0 Å². The summed E-state index contributed by atoms with van der Waals surface area (Å²) in [5, 5.41) is 2.87. The second kappa shape index (κ2) is 10.1. The molecule has 1 saturated heterocycles. The van der Waals surface area contributed by atoms with Crippen molar-refractivity contribution in [3.05, 3.63) is 65.2 Å². The van der Waals surface area contributed by atoms with Crippen LogP contribution in [0.3, 0.4) is 0 Å². The van der Waals surface area contributed by atoms with E-state index in [4.69, 9.17) is 4.74 Å². The molecule has 2 aromatic rings. The Morgan fingerprint density at radius 3 is 2.47 bits per heavy atom. The van der Waals surface area contributed by atoms with Gasteiger partial charge in [-0.2, -0.15) is 13.2 Å². The Kier molecular flexibility index (Phi) is 7.43. The van der Waals surface area contributed by atoms with E-state index in [9.17, 15) is 22.8 Å². The van der Waals surface area contributed by atoms with E-state index in [0.717, 1.165) is 25.0 Å². The molecule has 2 aromatic carbocycles. The van der Waals surface area contributed by atoms with Crippen molar-refractivity contribution in [3.8, 4) is 5.75 Å². The first kappa shape index (κ1) is 23.6. The number of unbranched alkanes of at least 4 members (excludes halogenated alkanes) is 1. The fourth-order valence-corrected chi connectivity index (χ4v) is 3.95. The fourth-order valence-electron chi connectivity index (χ4n) is 3.95. The molecule has 0 radical (unpaired) electrons. The summed E-state index contributed by atoms with van der Waals surface area (Å²) < 4.78 is 44.9. The average Bonchev–Trinajstić information content (AvgIpc) is 3.24. The maximum atomic E-state index is 13.3. The number of amides is 2. The summed E-state index contributed by atoms with van der Waals surface area (Å²) in [5.41, 5.74) is 0.0706. The van der Waals surface area contributed by atoms with Crippen molar-refractivity contribution in [2.45, 2.75) is 31.9 Å². The number of alkyl halides is 3. The minimum atomic E-state index is -4.48. The van der Waals surface area contributed by atoms with Gasteiger partial charge in [0.15, 0.2) is 0 Å². The number of benzene rings is 2. The highest BCUT2D eigenvalue weighted by Gasteiger charge is 2.41. The zero-order valence-electron chi connectivity index (χ0n) is 18.1. The minimum Gasteiger partial charge on any atom is -0.497 e. The lowest BCUT2D eigenvalue weighted by atomic mass is 9.87. The Balaban J connectivity index is 1.87. The molecular formula is C24H27F3N2O3. The van der Waals surface area contributed by atoms with Gasteiger partial charge >= 0.3 is 6.18 Å². The number of nitrogens with one attached hydrogen (secondary N) is 1. The summed E-state index contributed by atoms with van der Waals surface area (Å²) in [7, 11) is 1.53. The van der Waals surface area contributed by atoms with Crippen LogP contribution < -0.4 is 10.1 Å². The van der Waals surface area contributed by atoms with Crippen molar-refractivity contribution < 1.29 is 27.5 Å². The molecule has 0 spiro atoms. The molecule has 0 saturated carbocycles. The third-order valence-corrected chi connectivity index (χ3v) is 5.75. The standard InChI is InChI=1S/C24H27F3N2O3/c1-3-4-12-28-22(30)21-15-29(23(31)16-8-10-19(32-2)11-9-16)14-20(21)17-6-5-7-18(13-17)24(25,26)27/h5-11,13,20-21H,3-4,12,14-15H2,1-2H3,(H,28,30)/t20-,21-/m0/s1. The van der Waals surface area contributed by atoms with Crippen molar-refractivity contribution >= 4 is 11.8 Å². The molecule has 1 aliphatic heterocycles. The first-order valence-electron chi connectivity index (χ1n) is 10.6. The van der Waals surface area contributed by atoms with Crippen LogP contribution in [-0.4, -0.2) is 43.5 Å². The van der Waals surface area contributed by atoms with E-state index in [-0.39, 0.29) is 24.9 Å². The number of hydrogen-bond acceptors (Lipinski definition) is 3. The van der Waals surface area contributed by atoms with E-state index in [1.165, 1.54) is 18.1 Å². The Morgan fingerprint density at radius 2 is 1.84 bits per heavy atom. The molecule has 3 rings (SSSR count). The maximum Gasteiger partial charge on any atom is 0.416 e.